The number of hydrogen-bond donors (Lipinski definition) is 1. The largest absolute Gasteiger partial charge is 0.342 e. The topological polar surface area (TPSA) is 71.4 Å². The summed E-state index contributed by atoms with van der Waals surface area (Å²) in [4.78, 5) is 39.4. The first kappa shape index (κ1) is 25.6. The van der Waals surface area contributed by atoms with Crippen LogP contribution >= 0.6 is 50.9 Å². The van der Waals surface area contributed by atoms with Crippen molar-refractivity contribution in [3.8, 4) is 0 Å². The van der Waals surface area contributed by atoms with Crippen molar-refractivity contribution in [3.63, 3.8) is 0 Å². The molecule has 0 aliphatic carbocycles. The van der Waals surface area contributed by atoms with Gasteiger partial charge >= 0.3 is 0 Å². The van der Waals surface area contributed by atoms with Crippen molar-refractivity contribution in [2.75, 3.05) is 11.9 Å². The molecule has 1 aliphatic heterocycles. The summed E-state index contributed by atoms with van der Waals surface area (Å²) in [6.07, 6.45) is 3.61. The van der Waals surface area contributed by atoms with E-state index in [0.29, 0.717) is 22.3 Å². The minimum Gasteiger partial charge on any atom is -0.342 e. The molecule has 2 heterocycles. The molecular weight excluding hydrogens is 597 g/mol. The second kappa shape index (κ2) is 10.8. The predicted octanol–water partition coefficient (Wildman–Crippen LogP) is 7.43. The van der Waals surface area contributed by atoms with Crippen LogP contribution in [0.4, 0.5) is 10.5 Å². The molecule has 0 saturated carbocycles. The highest BCUT2D eigenvalue weighted by molar-refractivity contribution is 9.10. The molecule has 10 heteroatoms. The molecule has 186 valence electrons. The third kappa shape index (κ3) is 5.62. The first-order valence-electron chi connectivity index (χ1n) is 11.1. The van der Waals surface area contributed by atoms with E-state index in [1.54, 1.807) is 42.5 Å². The predicted molar refractivity (Wildman–Crippen MR) is 153 cm³/mol. The summed E-state index contributed by atoms with van der Waals surface area (Å²) in [7, 11) is 0. The Morgan fingerprint density at radius 1 is 1.03 bits per heavy atom. The van der Waals surface area contributed by atoms with Crippen LogP contribution in [0, 0.1) is 0 Å². The van der Waals surface area contributed by atoms with Gasteiger partial charge in [-0.05, 0) is 65.9 Å². The summed E-state index contributed by atoms with van der Waals surface area (Å²) < 4.78 is 2.91. The van der Waals surface area contributed by atoms with Gasteiger partial charge in [-0.15, -0.1) is 0 Å². The summed E-state index contributed by atoms with van der Waals surface area (Å²) in [6, 6.07) is 20.2. The molecule has 1 aliphatic rings. The minimum absolute atomic E-state index is 0.258. The maximum absolute atomic E-state index is 13.1. The van der Waals surface area contributed by atoms with E-state index in [1.807, 2.05) is 41.1 Å². The molecule has 3 amide bonds. The number of carbonyl (C=O) groups excluding carboxylic acids is 3. The minimum atomic E-state index is -0.501. The average molecular weight is 615 g/mol. The van der Waals surface area contributed by atoms with Crippen molar-refractivity contribution in [2.45, 2.75) is 6.54 Å². The number of thioether (sulfide) groups is 1. The van der Waals surface area contributed by atoms with E-state index in [2.05, 4.69) is 21.2 Å². The van der Waals surface area contributed by atoms with Crippen LogP contribution in [0.25, 0.3) is 17.0 Å². The number of halogens is 3. The number of para-hydroxylation sites is 1. The lowest BCUT2D eigenvalue weighted by molar-refractivity contribution is -0.127. The standard InChI is InChI=1S/C27H18BrCl2N3O3S/c28-18-6-9-20(10-7-18)31-25(34)15-33-26(35)24(37-27(33)36)11-17-14-32(23-4-2-1-3-21(17)23)13-16-5-8-19(29)12-22(16)30/h1-12,14H,13,15H2,(H,31,34)/b24-11+. The van der Waals surface area contributed by atoms with Crippen LogP contribution in [0.3, 0.4) is 0 Å². The molecule has 0 spiro atoms. The maximum Gasteiger partial charge on any atom is 0.294 e. The Labute approximate surface area is 235 Å². The Bertz CT molecular complexity index is 1580. The normalized spacial score (nSPS) is 14.7. The number of carbonyl (C=O) groups is 3. The van der Waals surface area contributed by atoms with Gasteiger partial charge in [0, 0.05) is 49.4 Å². The Kier molecular flexibility index (Phi) is 7.44. The lowest BCUT2D eigenvalue weighted by atomic mass is 10.1. The van der Waals surface area contributed by atoms with Gasteiger partial charge in [-0.25, -0.2) is 0 Å². The van der Waals surface area contributed by atoms with Crippen LogP contribution in [-0.2, 0) is 16.1 Å². The number of rotatable bonds is 6. The second-order valence-electron chi connectivity index (χ2n) is 8.29. The van der Waals surface area contributed by atoms with E-state index in [1.165, 1.54) is 0 Å². The van der Waals surface area contributed by atoms with Crippen molar-refractivity contribution in [1.29, 1.82) is 0 Å². The Morgan fingerprint density at radius 3 is 2.54 bits per heavy atom. The molecule has 3 aromatic carbocycles. The van der Waals surface area contributed by atoms with Gasteiger partial charge in [0.15, 0.2) is 0 Å². The molecule has 1 fully saturated rings. The lowest BCUT2D eigenvalue weighted by Gasteiger charge is -2.12. The molecule has 4 aromatic rings. The monoisotopic (exact) mass is 613 g/mol. The van der Waals surface area contributed by atoms with E-state index in [4.69, 9.17) is 23.2 Å². The zero-order valence-electron chi connectivity index (χ0n) is 19.1. The van der Waals surface area contributed by atoms with Crippen LogP contribution < -0.4 is 5.32 Å². The van der Waals surface area contributed by atoms with Crippen molar-refractivity contribution < 1.29 is 14.4 Å². The Hall–Kier alpha value is -3.04. The van der Waals surface area contributed by atoms with E-state index in [0.717, 1.165) is 43.2 Å². The fourth-order valence-electron chi connectivity index (χ4n) is 4.01. The molecule has 1 N–H and O–H groups in total. The molecule has 0 unspecified atom stereocenters. The SMILES string of the molecule is O=C(CN1C(=O)S/C(=C/c2cn(Cc3ccc(Cl)cc3Cl)c3ccccc23)C1=O)Nc1ccc(Br)cc1. The summed E-state index contributed by atoms with van der Waals surface area (Å²) in [6.45, 7) is 0.136. The Balaban J connectivity index is 1.38. The quantitative estimate of drug-likeness (QED) is 0.229. The van der Waals surface area contributed by atoms with Gasteiger partial charge in [-0.1, -0.05) is 63.4 Å². The number of fused-ring (bicyclic) bond motifs is 1. The average Bonchev–Trinajstić information content (AvgIpc) is 3.34. The Morgan fingerprint density at radius 2 is 1.78 bits per heavy atom. The van der Waals surface area contributed by atoms with Crippen molar-refractivity contribution in [1.82, 2.24) is 9.47 Å². The number of hydrogen-bond acceptors (Lipinski definition) is 4. The highest BCUT2D eigenvalue weighted by Crippen LogP contribution is 2.34. The van der Waals surface area contributed by atoms with Crippen molar-refractivity contribution >= 4 is 90.6 Å². The molecule has 6 nitrogen and oxygen atoms in total. The third-order valence-electron chi connectivity index (χ3n) is 5.77. The van der Waals surface area contributed by atoms with Gasteiger partial charge in [0.25, 0.3) is 11.1 Å². The zero-order valence-corrected chi connectivity index (χ0v) is 23.0. The molecule has 5 rings (SSSR count). The van der Waals surface area contributed by atoms with Crippen molar-refractivity contribution in [2.24, 2.45) is 0 Å². The third-order valence-corrected chi connectivity index (χ3v) is 7.79. The number of aromatic nitrogens is 1. The number of imide groups is 1. The van der Waals surface area contributed by atoms with Gasteiger partial charge in [0.1, 0.15) is 6.54 Å². The summed E-state index contributed by atoms with van der Waals surface area (Å²) in [5.74, 6) is -0.958. The van der Waals surface area contributed by atoms with Gasteiger partial charge in [0.05, 0.1) is 4.91 Å². The highest BCUT2D eigenvalue weighted by atomic mass is 79.9. The van der Waals surface area contributed by atoms with Crippen LogP contribution in [0.2, 0.25) is 10.0 Å². The number of benzene rings is 3. The number of amides is 3. The van der Waals surface area contributed by atoms with Gasteiger partial charge in [0.2, 0.25) is 5.91 Å². The molecule has 0 atom stereocenters. The lowest BCUT2D eigenvalue weighted by Crippen LogP contribution is -2.36. The summed E-state index contributed by atoms with van der Waals surface area (Å²) in [5, 5.41) is 4.27. The first-order valence-corrected chi connectivity index (χ1v) is 13.5. The second-order valence-corrected chi connectivity index (χ2v) is 11.0. The summed E-state index contributed by atoms with van der Waals surface area (Å²) in [5.41, 5.74) is 3.21. The molecule has 1 aromatic heterocycles. The van der Waals surface area contributed by atoms with Gasteiger partial charge in [-0.3, -0.25) is 19.3 Å². The van der Waals surface area contributed by atoms with E-state index in [-0.39, 0.29) is 11.4 Å². The maximum atomic E-state index is 13.1. The smallest absolute Gasteiger partial charge is 0.294 e. The van der Waals surface area contributed by atoms with Crippen LogP contribution in [0.1, 0.15) is 11.1 Å². The number of nitrogens with one attached hydrogen (secondary N) is 1. The fourth-order valence-corrected chi connectivity index (χ4v) is 5.57. The van der Waals surface area contributed by atoms with Crippen molar-refractivity contribution in [3.05, 3.63) is 103 Å². The van der Waals surface area contributed by atoms with Gasteiger partial charge < -0.3 is 9.88 Å². The molecular formula is C27H18BrCl2N3O3S. The van der Waals surface area contributed by atoms with E-state index in [9.17, 15) is 14.4 Å². The molecule has 0 radical (unpaired) electrons. The van der Waals surface area contributed by atoms with E-state index < -0.39 is 17.1 Å². The highest BCUT2D eigenvalue weighted by Gasteiger charge is 2.36. The zero-order chi connectivity index (χ0) is 26.1. The van der Waals surface area contributed by atoms with E-state index >= 15 is 0 Å². The first-order chi connectivity index (χ1) is 17.8. The van der Waals surface area contributed by atoms with Crippen LogP contribution in [0.5, 0.6) is 0 Å². The van der Waals surface area contributed by atoms with Crippen LogP contribution in [0.15, 0.2) is 82.3 Å². The molecule has 1 saturated heterocycles. The summed E-state index contributed by atoms with van der Waals surface area (Å²) >= 11 is 16.6. The van der Waals surface area contributed by atoms with Crippen LogP contribution in [-0.4, -0.2) is 33.1 Å². The number of anilines is 1. The van der Waals surface area contributed by atoms with Gasteiger partial charge in [-0.2, -0.15) is 0 Å². The number of nitrogens with zero attached hydrogens (tertiary/aromatic N) is 2. The molecule has 0 bridgehead atoms. The molecule has 37 heavy (non-hydrogen) atoms. The fraction of sp³-hybridized carbons (Fsp3) is 0.0741.